The first-order valence-corrected chi connectivity index (χ1v) is 11.0. The summed E-state index contributed by atoms with van der Waals surface area (Å²) in [6.45, 7) is 1.80. The van der Waals surface area contributed by atoms with Gasteiger partial charge in [-0.15, -0.1) is 0 Å². The van der Waals surface area contributed by atoms with Gasteiger partial charge in [0.25, 0.3) is 0 Å². The molecule has 2 fully saturated rings. The van der Waals surface area contributed by atoms with Crippen LogP contribution in [0.1, 0.15) is 32.6 Å². The number of nitrogens with zero attached hydrogens (tertiary/aromatic N) is 1. The molecule has 0 unspecified atom stereocenters. The van der Waals surface area contributed by atoms with Gasteiger partial charge in [0.15, 0.2) is 0 Å². The normalized spacial score (nSPS) is 26.4. The fourth-order valence-electron chi connectivity index (χ4n) is 4.47. The maximum atomic E-state index is 12.5. The lowest BCUT2D eigenvalue weighted by atomic mass is 9.84. The van der Waals surface area contributed by atoms with E-state index in [1.54, 1.807) is 24.3 Å². The maximum absolute atomic E-state index is 12.5. The minimum Gasteiger partial charge on any atom is -0.352 e. The molecule has 3 rings (SSSR count). The lowest BCUT2D eigenvalue weighted by molar-refractivity contribution is -0.120. The second-order valence-corrected chi connectivity index (χ2v) is 9.79. The number of anilines is 1. The molecule has 2 aliphatic rings. The fourth-order valence-corrected chi connectivity index (χ4v) is 5.51. The summed E-state index contributed by atoms with van der Waals surface area (Å²) in [7, 11) is -3.58. The van der Waals surface area contributed by atoms with Gasteiger partial charge in [0.2, 0.25) is 15.9 Å². The van der Waals surface area contributed by atoms with Gasteiger partial charge in [-0.2, -0.15) is 0 Å². The molecule has 25 heavy (non-hydrogen) atoms. The zero-order valence-electron chi connectivity index (χ0n) is 14.6. The largest absolute Gasteiger partial charge is 0.352 e. The number of halogens is 1. The average Bonchev–Trinajstić information content (AvgIpc) is 3.14. The Labute approximate surface area is 154 Å². The molecule has 7 heteroatoms. The Bertz CT molecular complexity index is 752. The molecule has 0 spiro atoms. The molecule has 0 radical (unpaired) electrons. The molecule has 1 aromatic carbocycles. The van der Waals surface area contributed by atoms with Crippen molar-refractivity contribution >= 4 is 33.2 Å². The third-order valence-corrected chi connectivity index (χ3v) is 6.98. The molecule has 2 aliphatic carbocycles. The SMILES string of the molecule is C[C@H](NC(=O)CN(c1cccc(Cl)c1)S(C)(=O)=O)[C@@H]1C[C@@H]2CC[C@@H]1C2. The first kappa shape index (κ1) is 18.5. The summed E-state index contributed by atoms with van der Waals surface area (Å²) >= 11 is 5.96. The van der Waals surface area contributed by atoms with E-state index < -0.39 is 10.0 Å². The molecule has 0 saturated heterocycles. The van der Waals surface area contributed by atoms with Crippen molar-refractivity contribution in [1.82, 2.24) is 5.32 Å². The van der Waals surface area contributed by atoms with Gasteiger partial charge >= 0.3 is 0 Å². The van der Waals surface area contributed by atoms with Gasteiger partial charge in [0, 0.05) is 11.1 Å². The van der Waals surface area contributed by atoms with Crippen LogP contribution in [-0.4, -0.2) is 33.2 Å². The zero-order chi connectivity index (χ0) is 18.2. The highest BCUT2D eigenvalue weighted by atomic mass is 35.5. The van der Waals surface area contributed by atoms with E-state index in [9.17, 15) is 13.2 Å². The molecule has 138 valence electrons. The van der Waals surface area contributed by atoms with Crippen LogP contribution in [0.4, 0.5) is 5.69 Å². The van der Waals surface area contributed by atoms with Gasteiger partial charge in [-0.3, -0.25) is 9.10 Å². The van der Waals surface area contributed by atoms with Crippen LogP contribution in [0.25, 0.3) is 0 Å². The van der Waals surface area contributed by atoms with Gasteiger partial charge in [0.1, 0.15) is 6.54 Å². The van der Waals surface area contributed by atoms with Crippen LogP contribution in [-0.2, 0) is 14.8 Å². The minimum atomic E-state index is -3.58. The summed E-state index contributed by atoms with van der Waals surface area (Å²) in [5.41, 5.74) is 0.401. The van der Waals surface area contributed by atoms with E-state index in [1.807, 2.05) is 6.92 Å². The standard InChI is InChI=1S/C18H25ClN2O3S/c1-12(17-9-13-6-7-14(17)8-13)20-18(22)11-21(25(2,23)24)16-5-3-4-15(19)10-16/h3-5,10,12-14,17H,6-9,11H2,1-2H3,(H,20,22)/t12-,13+,14+,17-/m0/s1. The van der Waals surface area contributed by atoms with Crippen LogP contribution in [0.15, 0.2) is 24.3 Å². The molecule has 0 heterocycles. The smallest absolute Gasteiger partial charge is 0.240 e. The Kier molecular flexibility index (Phi) is 5.30. The molecule has 5 nitrogen and oxygen atoms in total. The number of carbonyl (C=O) groups is 1. The van der Waals surface area contributed by atoms with Gasteiger partial charge < -0.3 is 5.32 Å². The molecule has 1 aromatic rings. The van der Waals surface area contributed by atoms with E-state index in [-0.39, 0.29) is 18.5 Å². The van der Waals surface area contributed by atoms with Crippen molar-refractivity contribution in [1.29, 1.82) is 0 Å². The lowest BCUT2D eigenvalue weighted by Gasteiger charge is -2.29. The molecule has 1 amide bonds. The summed E-state index contributed by atoms with van der Waals surface area (Å²) in [5, 5.41) is 3.45. The van der Waals surface area contributed by atoms with Crippen LogP contribution in [0.2, 0.25) is 5.02 Å². The predicted octanol–water partition coefficient (Wildman–Crippen LogP) is 3.05. The summed E-state index contributed by atoms with van der Waals surface area (Å²) in [5.74, 6) is 1.76. The number of fused-ring (bicyclic) bond motifs is 2. The highest BCUT2D eigenvalue weighted by molar-refractivity contribution is 7.92. The monoisotopic (exact) mass is 384 g/mol. The molecular weight excluding hydrogens is 360 g/mol. The number of rotatable bonds is 6. The lowest BCUT2D eigenvalue weighted by Crippen LogP contribution is -2.46. The number of hydrogen-bond acceptors (Lipinski definition) is 3. The van der Waals surface area contributed by atoms with Crippen molar-refractivity contribution in [3.05, 3.63) is 29.3 Å². The van der Waals surface area contributed by atoms with Crippen molar-refractivity contribution in [3.63, 3.8) is 0 Å². The maximum Gasteiger partial charge on any atom is 0.240 e. The van der Waals surface area contributed by atoms with Crippen LogP contribution < -0.4 is 9.62 Å². The first-order chi connectivity index (χ1) is 11.7. The predicted molar refractivity (Wildman–Crippen MR) is 100 cm³/mol. The molecule has 2 bridgehead atoms. The third-order valence-electron chi connectivity index (χ3n) is 5.61. The van der Waals surface area contributed by atoms with Gasteiger partial charge in [-0.05, 0) is 62.1 Å². The molecule has 2 saturated carbocycles. The van der Waals surface area contributed by atoms with Crippen molar-refractivity contribution in [2.75, 3.05) is 17.1 Å². The minimum absolute atomic E-state index is 0.0728. The topological polar surface area (TPSA) is 66.5 Å². The Morgan fingerprint density at radius 3 is 2.68 bits per heavy atom. The Balaban J connectivity index is 1.66. The number of nitrogens with one attached hydrogen (secondary N) is 1. The van der Waals surface area contributed by atoms with Gasteiger partial charge in [-0.25, -0.2) is 8.42 Å². The second-order valence-electron chi connectivity index (χ2n) is 7.44. The highest BCUT2D eigenvalue weighted by Crippen LogP contribution is 2.49. The van der Waals surface area contributed by atoms with E-state index in [4.69, 9.17) is 11.6 Å². The van der Waals surface area contributed by atoms with Gasteiger partial charge in [-0.1, -0.05) is 24.1 Å². The number of hydrogen-bond donors (Lipinski definition) is 1. The van der Waals surface area contributed by atoms with Crippen LogP contribution in [0.3, 0.4) is 0 Å². The second kappa shape index (κ2) is 7.16. The van der Waals surface area contributed by atoms with Crippen LogP contribution >= 0.6 is 11.6 Å². The average molecular weight is 385 g/mol. The zero-order valence-corrected chi connectivity index (χ0v) is 16.2. The summed E-state index contributed by atoms with van der Waals surface area (Å²) < 4.78 is 25.4. The summed E-state index contributed by atoms with van der Waals surface area (Å²) in [6, 6.07) is 6.60. The number of carbonyl (C=O) groups excluding carboxylic acids is 1. The summed E-state index contributed by atoms with van der Waals surface area (Å²) in [4.78, 5) is 12.5. The van der Waals surface area contributed by atoms with Gasteiger partial charge in [0.05, 0.1) is 11.9 Å². The van der Waals surface area contributed by atoms with Crippen LogP contribution in [0.5, 0.6) is 0 Å². The highest BCUT2D eigenvalue weighted by Gasteiger charge is 2.42. The summed E-state index contributed by atoms with van der Waals surface area (Å²) in [6.07, 6.45) is 6.13. The van der Waals surface area contributed by atoms with E-state index in [0.29, 0.717) is 22.5 Å². The van der Waals surface area contributed by atoms with E-state index in [2.05, 4.69) is 5.32 Å². The third kappa shape index (κ3) is 4.29. The Hall–Kier alpha value is -1.27. The molecule has 1 N–H and O–H groups in total. The van der Waals surface area contributed by atoms with Crippen LogP contribution in [0, 0.1) is 17.8 Å². The van der Waals surface area contributed by atoms with Crippen molar-refractivity contribution in [2.45, 2.75) is 38.6 Å². The Morgan fingerprint density at radius 2 is 2.12 bits per heavy atom. The number of benzene rings is 1. The molecule has 0 aromatic heterocycles. The quantitative estimate of drug-likeness (QED) is 0.819. The molecular formula is C18H25ClN2O3S. The fraction of sp³-hybridized carbons (Fsp3) is 0.611. The van der Waals surface area contributed by atoms with Crippen molar-refractivity contribution in [3.8, 4) is 0 Å². The van der Waals surface area contributed by atoms with E-state index in [0.717, 1.165) is 16.5 Å². The molecule has 0 aliphatic heterocycles. The number of sulfonamides is 1. The van der Waals surface area contributed by atoms with E-state index in [1.165, 1.54) is 25.7 Å². The Morgan fingerprint density at radius 1 is 1.36 bits per heavy atom. The first-order valence-electron chi connectivity index (χ1n) is 8.76. The van der Waals surface area contributed by atoms with Crippen molar-refractivity contribution in [2.24, 2.45) is 17.8 Å². The number of amides is 1. The molecule has 4 atom stereocenters. The van der Waals surface area contributed by atoms with Crippen molar-refractivity contribution < 1.29 is 13.2 Å². The van der Waals surface area contributed by atoms with E-state index >= 15 is 0 Å².